The number of nitrogens with one attached hydrogen (secondary N) is 2. The first-order chi connectivity index (χ1) is 14.0. The van der Waals surface area contributed by atoms with Crippen molar-refractivity contribution < 1.29 is 9.53 Å². The molecule has 0 saturated heterocycles. The molecule has 0 aliphatic carbocycles. The number of hydrogen-bond acceptors (Lipinski definition) is 4. The van der Waals surface area contributed by atoms with Crippen LogP contribution in [0.15, 0.2) is 60.0 Å². The van der Waals surface area contributed by atoms with Crippen LogP contribution in [0, 0.1) is 6.92 Å². The maximum absolute atomic E-state index is 12.6. The highest BCUT2D eigenvalue weighted by molar-refractivity contribution is 7.10. The lowest BCUT2D eigenvalue weighted by Crippen LogP contribution is -2.31. The first-order valence-corrected chi connectivity index (χ1v) is 10.7. The van der Waals surface area contributed by atoms with Crippen LogP contribution in [0.25, 0.3) is 0 Å². The molecule has 1 atom stereocenters. The second kappa shape index (κ2) is 9.72. The van der Waals surface area contributed by atoms with E-state index in [1.54, 1.807) is 18.4 Å². The zero-order chi connectivity index (χ0) is 20.8. The maximum Gasteiger partial charge on any atom is 0.238 e. The molecule has 3 aromatic rings. The van der Waals surface area contributed by atoms with Crippen molar-refractivity contribution in [1.29, 1.82) is 0 Å². The van der Waals surface area contributed by atoms with Gasteiger partial charge in [-0.3, -0.25) is 10.1 Å². The third-order valence-corrected chi connectivity index (χ3v) is 5.80. The summed E-state index contributed by atoms with van der Waals surface area (Å²) in [6.07, 6.45) is 0. The van der Waals surface area contributed by atoms with Crippen LogP contribution in [0.5, 0.6) is 5.75 Å². The van der Waals surface area contributed by atoms with Crippen molar-refractivity contribution in [3.05, 3.63) is 81.5 Å². The molecule has 0 fully saturated rings. The van der Waals surface area contributed by atoms with Crippen LogP contribution < -0.4 is 15.4 Å². The molecule has 0 saturated carbocycles. The summed E-state index contributed by atoms with van der Waals surface area (Å²) in [5.74, 6) is 1.05. The zero-order valence-electron chi connectivity index (χ0n) is 17.4. The van der Waals surface area contributed by atoms with Gasteiger partial charge in [0.1, 0.15) is 5.75 Å². The van der Waals surface area contributed by atoms with Crippen LogP contribution in [0.3, 0.4) is 0 Å². The lowest BCUT2D eigenvalue weighted by atomic mass is 9.98. The van der Waals surface area contributed by atoms with Crippen molar-refractivity contribution in [2.75, 3.05) is 19.0 Å². The average molecular weight is 409 g/mol. The van der Waals surface area contributed by atoms with Gasteiger partial charge in [-0.05, 0) is 53.1 Å². The summed E-state index contributed by atoms with van der Waals surface area (Å²) in [4.78, 5) is 13.8. The normalized spacial score (nSPS) is 12.0. The number of ether oxygens (including phenoxy) is 1. The Labute approximate surface area is 176 Å². The van der Waals surface area contributed by atoms with Gasteiger partial charge in [0.2, 0.25) is 5.91 Å². The van der Waals surface area contributed by atoms with Gasteiger partial charge in [0.15, 0.2) is 0 Å². The molecule has 5 heteroatoms. The summed E-state index contributed by atoms with van der Waals surface area (Å²) >= 11 is 1.69. The third-order valence-electron chi connectivity index (χ3n) is 4.86. The van der Waals surface area contributed by atoms with Gasteiger partial charge in [-0.15, -0.1) is 11.3 Å². The molecular weight excluding hydrogens is 380 g/mol. The topological polar surface area (TPSA) is 50.4 Å². The number of rotatable bonds is 8. The Morgan fingerprint density at radius 2 is 1.79 bits per heavy atom. The minimum atomic E-state index is -0.103. The number of hydrogen-bond donors (Lipinski definition) is 2. The summed E-state index contributed by atoms with van der Waals surface area (Å²) in [6.45, 7) is 6.56. The van der Waals surface area contributed by atoms with Gasteiger partial charge in [0.25, 0.3) is 0 Å². The summed E-state index contributed by atoms with van der Waals surface area (Å²) in [7, 11) is 1.60. The van der Waals surface area contributed by atoms with E-state index in [-0.39, 0.29) is 18.5 Å². The smallest absolute Gasteiger partial charge is 0.238 e. The molecule has 0 unspecified atom stereocenters. The van der Waals surface area contributed by atoms with E-state index in [0.717, 1.165) is 11.1 Å². The maximum atomic E-state index is 12.6. The van der Waals surface area contributed by atoms with Crippen LogP contribution in [0.2, 0.25) is 0 Å². The van der Waals surface area contributed by atoms with Gasteiger partial charge in [0, 0.05) is 4.88 Å². The van der Waals surface area contributed by atoms with Gasteiger partial charge in [-0.25, -0.2) is 0 Å². The number of methoxy groups -OCH3 is 1. The monoisotopic (exact) mass is 408 g/mol. The largest absolute Gasteiger partial charge is 0.495 e. The fourth-order valence-electron chi connectivity index (χ4n) is 3.22. The highest BCUT2D eigenvalue weighted by atomic mass is 32.1. The Bertz CT molecular complexity index is 934. The Hall–Kier alpha value is -2.63. The molecule has 3 rings (SSSR count). The molecule has 0 spiro atoms. The van der Waals surface area contributed by atoms with E-state index in [4.69, 9.17) is 4.74 Å². The summed E-state index contributed by atoms with van der Waals surface area (Å²) in [6, 6.07) is 18.5. The van der Waals surface area contributed by atoms with Crippen LogP contribution >= 0.6 is 11.3 Å². The lowest BCUT2D eigenvalue weighted by Gasteiger charge is -2.19. The molecule has 0 aliphatic rings. The van der Waals surface area contributed by atoms with Crippen LogP contribution in [-0.2, 0) is 4.79 Å². The van der Waals surface area contributed by atoms with Gasteiger partial charge < -0.3 is 10.1 Å². The van der Waals surface area contributed by atoms with E-state index in [1.165, 1.54) is 10.4 Å². The van der Waals surface area contributed by atoms with Crippen LogP contribution in [0.4, 0.5) is 5.69 Å². The Morgan fingerprint density at radius 1 is 1.07 bits per heavy atom. The predicted octanol–water partition coefficient (Wildman–Crippen LogP) is 5.51. The Balaban J connectivity index is 1.72. The van der Waals surface area contributed by atoms with Crippen molar-refractivity contribution in [2.45, 2.75) is 32.7 Å². The van der Waals surface area contributed by atoms with Gasteiger partial charge in [0.05, 0.1) is 25.4 Å². The van der Waals surface area contributed by atoms with E-state index in [1.807, 2.05) is 31.2 Å². The molecule has 2 N–H and O–H groups in total. The summed E-state index contributed by atoms with van der Waals surface area (Å²) < 4.78 is 5.35. The molecule has 4 nitrogen and oxygen atoms in total. The molecule has 1 amide bonds. The molecule has 2 aromatic carbocycles. The SMILES string of the molecule is COc1ccc(C)cc1NC(=O)CN[C@@H](c1ccc(C(C)C)cc1)c1cccs1. The highest BCUT2D eigenvalue weighted by Crippen LogP contribution is 2.28. The van der Waals surface area contributed by atoms with E-state index >= 15 is 0 Å². The molecule has 1 heterocycles. The minimum absolute atomic E-state index is 0.0265. The fraction of sp³-hybridized carbons (Fsp3) is 0.292. The first kappa shape index (κ1) is 21.1. The number of carbonyl (C=O) groups excluding carboxylic acids is 1. The van der Waals surface area contributed by atoms with Gasteiger partial charge in [-0.2, -0.15) is 0 Å². The second-order valence-corrected chi connectivity index (χ2v) is 8.38. The van der Waals surface area contributed by atoms with Crippen molar-refractivity contribution in [3.63, 3.8) is 0 Å². The van der Waals surface area contributed by atoms with Gasteiger partial charge >= 0.3 is 0 Å². The molecular formula is C24H28N2O2S. The quantitative estimate of drug-likeness (QED) is 0.517. The Kier molecular flexibility index (Phi) is 7.07. The third kappa shape index (κ3) is 5.46. The molecule has 0 bridgehead atoms. The number of benzene rings is 2. The molecule has 0 aliphatic heterocycles. The standard InChI is InChI=1S/C24H28N2O2S/c1-16(2)18-8-10-19(11-9-18)24(22-6-5-13-29-22)25-15-23(27)26-20-14-17(3)7-12-21(20)28-4/h5-14,16,24-25H,15H2,1-4H3,(H,26,27)/t24-/m0/s1. The minimum Gasteiger partial charge on any atom is -0.495 e. The first-order valence-electron chi connectivity index (χ1n) is 9.79. The van der Waals surface area contributed by atoms with Crippen LogP contribution in [-0.4, -0.2) is 19.6 Å². The average Bonchev–Trinajstić information content (AvgIpc) is 3.23. The number of amides is 1. The number of anilines is 1. The summed E-state index contributed by atoms with van der Waals surface area (Å²) in [5.41, 5.74) is 4.21. The summed E-state index contributed by atoms with van der Waals surface area (Å²) in [5, 5.41) is 8.43. The molecule has 152 valence electrons. The fourth-order valence-corrected chi connectivity index (χ4v) is 4.05. The Morgan fingerprint density at radius 3 is 2.41 bits per heavy atom. The van der Waals surface area contributed by atoms with E-state index in [2.05, 4.69) is 60.2 Å². The van der Waals surface area contributed by atoms with Crippen molar-refractivity contribution in [1.82, 2.24) is 5.32 Å². The van der Waals surface area contributed by atoms with E-state index in [9.17, 15) is 4.79 Å². The molecule has 0 radical (unpaired) electrons. The van der Waals surface area contributed by atoms with Crippen molar-refractivity contribution >= 4 is 22.9 Å². The van der Waals surface area contributed by atoms with E-state index < -0.39 is 0 Å². The number of aryl methyl sites for hydroxylation is 1. The van der Waals surface area contributed by atoms with Crippen LogP contribution in [0.1, 0.15) is 47.4 Å². The van der Waals surface area contributed by atoms with Crippen molar-refractivity contribution in [2.24, 2.45) is 0 Å². The van der Waals surface area contributed by atoms with E-state index in [0.29, 0.717) is 17.4 Å². The number of carbonyl (C=O) groups is 1. The molecule has 29 heavy (non-hydrogen) atoms. The highest BCUT2D eigenvalue weighted by Gasteiger charge is 2.17. The van der Waals surface area contributed by atoms with Crippen molar-refractivity contribution in [3.8, 4) is 5.75 Å². The predicted molar refractivity (Wildman–Crippen MR) is 121 cm³/mol. The van der Waals surface area contributed by atoms with Gasteiger partial charge in [-0.1, -0.05) is 50.2 Å². The second-order valence-electron chi connectivity index (χ2n) is 7.40. The number of thiophene rings is 1. The molecule has 1 aromatic heterocycles. The zero-order valence-corrected chi connectivity index (χ0v) is 18.2. The lowest BCUT2D eigenvalue weighted by molar-refractivity contribution is -0.115.